The Labute approximate surface area is 56.9 Å². The molecule has 4 heteroatoms. The van der Waals surface area contributed by atoms with Gasteiger partial charge in [-0.3, -0.25) is 0 Å². The lowest BCUT2D eigenvalue weighted by atomic mass is 10.3. The van der Waals surface area contributed by atoms with E-state index in [0.717, 1.165) is 11.1 Å². The molecule has 2 rings (SSSR count). The summed E-state index contributed by atoms with van der Waals surface area (Å²) in [7, 11) is 0. The maximum absolute atomic E-state index is 4.69. The molecule has 0 saturated heterocycles. The molecule has 0 saturated carbocycles. The molecule has 0 aliphatic carbocycles. The second kappa shape index (κ2) is 1.76. The van der Waals surface area contributed by atoms with Gasteiger partial charge in [0.2, 0.25) is 0 Å². The lowest BCUT2D eigenvalue weighted by molar-refractivity contribution is 0.428. The first-order chi connectivity index (χ1) is 4.88. The van der Waals surface area contributed by atoms with Gasteiger partial charge < -0.3 is 4.52 Å². The van der Waals surface area contributed by atoms with Crippen molar-refractivity contribution < 1.29 is 4.52 Å². The zero-order valence-corrected chi connectivity index (χ0v) is 5.40. The molecule has 2 aromatic rings. The van der Waals surface area contributed by atoms with Gasteiger partial charge in [-0.1, -0.05) is 5.16 Å². The quantitative estimate of drug-likeness (QED) is 0.539. The second-order valence-electron chi connectivity index (χ2n) is 2.08. The monoisotopic (exact) mass is 135 g/mol. The fourth-order valence-electron chi connectivity index (χ4n) is 0.815. The zero-order valence-electron chi connectivity index (χ0n) is 5.40. The first-order valence-corrected chi connectivity index (χ1v) is 2.90. The van der Waals surface area contributed by atoms with Crippen LogP contribution in [0.3, 0.4) is 0 Å². The van der Waals surface area contributed by atoms with Crippen LogP contribution in [0.4, 0.5) is 0 Å². The Morgan fingerprint density at radius 2 is 2.40 bits per heavy atom. The third-order valence-electron chi connectivity index (χ3n) is 1.34. The Balaban J connectivity index is 2.95. The number of hydrogen-bond acceptors (Lipinski definition) is 4. The third-order valence-corrected chi connectivity index (χ3v) is 1.34. The van der Waals surface area contributed by atoms with E-state index in [4.69, 9.17) is 4.52 Å². The van der Waals surface area contributed by atoms with Crippen molar-refractivity contribution in [2.75, 3.05) is 0 Å². The molecule has 50 valence electrons. The first-order valence-electron chi connectivity index (χ1n) is 2.90. The Bertz CT molecular complexity index is 355. The van der Waals surface area contributed by atoms with E-state index in [0.29, 0.717) is 5.52 Å². The molecule has 0 radical (unpaired) electrons. The molecular weight excluding hydrogens is 130 g/mol. The molecule has 4 nitrogen and oxygen atoms in total. The van der Waals surface area contributed by atoms with Crippen LogP contribution in [0.5, 0.6) is 0 Å². The average molecular weight is 135 g/mol. The number of aryl methyl sites for hydroxylation is 1. The molecule has 0 unspecified atom stereocenters. The lowest BCUT2D eigenvalue weighted by Crippen LogP contribution is -1.83. The van der Waals surface area contributed by atoms with Crippen LogP contribution >= 0.6 is 0 Å². The van der Waals surface area contributed by atoms with Crippen molar-refractivity contribution >= 4 is 11.0 Å². The average Bonchev–Trinajstić information content (AvgIpc) is 2.36. The topological polar surface area (TPSA) is 51.8 Å². The minimum Gasteiger partial charge on any atom is -0.362 e. The molecule has 0 aromatic carbocycles. The summed E-state index contributed by atoms with van der Waals surface area (Å²) in [5.74, 6) is 0. The van der Waals surface area contributed by atoms with Crippen LogP contribution in [0.1, 0.15) is 5.56 Å². The van der Waals surface area contributed by atoms with E-state index in [1.54, 1.807) is 6.20 Å². The summed E-state index contributed by atoms with van der Waals surface area (Å²) in [6.07, 6.45) is 3.14. The molecule has 0 fully saturated rings. The van der Waals surface area contributed by atoms with E-state index in [-0.39, 0.29) is 0 Å². The van der Waals surface area contributed by atoms with E-state index >= 15 is 0 Å². The maximum atomic E-state index is 4.69. The summed E-state index contributed by atoms with van der Waals surface area (Å²) in [6, 6.07) is 0. The van der Waals surface area contributed by atoms with Gasteiger partial charge in [0.1, 0.15) is 5.52 Å². The summed E-state index contributed by atoms with van der Waals surface area (Å²) in [4.78, 5) is 0. The zero-order chi connectivity index (χ0) is 6.97. The van der Waals surface area contributed by atoms with Crippen LogP contribution in [0, 0.1) is 6.92 Å². The molecule has 2 aromatic heterocycles. The number of nitrogens with zero attached hydrogens (tertiary/aromatic N) is 3. The molecule has 0 aliphatic heterocycles. The van der Waals surface area contributed by atoms with E-state index < -0.39 is 0 Å². The summed E-state index contributed by atoms with van der Waals surface area (Å²) in [5.41, 5.74) is 2.48. The van der Waals surface area contributed by atoms with Crippen molar-refractivity contribution in [1.29, 1.82) is 0 Å². The van der Waals surface area contributed by atoms with Crippen molar-refractivity contribution in [1.82, 2.24) is 15.4 Å². The largest absolute Gasteiger partial charge is 0.362 e. The van der Waals surface area contributed by atoms with Crippen molar-refractivity contribution in [2.45, 2.75) is 6.92 Å². The van der Waals surface area contributed by atoms with Crippen molar-refractivity contribution in [3.8, 4) is 0 Å². The smallest absolute Gasteiger partial charge is 0.153 e. The summed E-state index contributed by atoms with van der Waals surface area (Å²) >= 11 is 0. The molecule has 10 heavy (non-hydrogen) atoms. The fourth-order valence-corrected chi connectivity index (χ4v) is 0.815. The van der Waals surface area contributed by atoms with Gasteiger partial charge in [0, 0.05) is 5.56 Å². The molecule has 0 bridgehead atoms. The number of hydrogen-bond donors (Lipinski definition) is 0. The van der Waals surface area contributed by atoms with Crippen LogP contribution < -0.4 is 0 Å². The Morgan fingerprint density at radius 3 is 3.20 bits per heavy atom. The Kier molecular flexibility index (Phi) is 0.943. The van der Waals surface area contributed by atoms with Crippen LogP contribution in [0.25, 0.3) is 11.0 Å². The predicted molar refractivity (Wildman–Crippen MR) is 34.3 cm³/mol. The highest BCUT2D eigenvalue weighted by molar-refractivity contribution is 5.74. The van der Waals surface area contributed by atoms with Gasteiger partial charge in [0.15, 0.2) is 11.8 Å². The molecule has 0 amide bonds. The summed E-state index contributed by atoms with van der Waals surface area (Å²) in [5, 5.41) is 11.3. The van der Waals surface area contributed by atoms with Gasteiger partial charge in [0.25, 0.3) is 0 Å². The van der Waals surface area contributed by atoms with Crippen LogP contribution in [0.2, 0.25) is 0 Å². The minimum absolute atomic E-state index is 0.708. The Hall–Kier alpha value is -1.45. The molecule has 2 heterocycles. The fraction of sp³-hybridized carbons (Fsp3) is 0.167. The SMILES string of the molecule is Cc1cnnc2conc12. The predicted octanol–water partition coefficient (Wildman–Crippen LogP) is 0.926. The van der Waals surface area contributed by atoms with E-state index in [9.17, 15) is 0 Å². The molecule has 0 N–H and O–H groups in total. The van der Waals surface area contributed by atoms with Gasteiger partial charge in [-0.2, -0.15) is 5.10 Å². The third kappa shape index (κ3) is 0.586. The van der Waals surface area contributed by atoms with Crippen LogP contribution in [-0.2, 0) is 0 Å². The van der Waals surface area contributed by atoms with Crippen molar-refractivity contribution in [3.05, 3.63) is 18.0 Å². The van der Waals surface area contributed by atoms with E-state index in [1.807, 2.05) is 6.92 Å². The highest BCUT2D eigenvalue weighted by atomic mass is 16.5. The lowest BCUT2D eigenvalue weighted by Gasteiger charge is -1.86. The van der Waals surface area contributed by atoms with Crippen LogP contribution in [0.15, 0.2) is 17.0 Å². The second-order valence-corrected chi connectivity index (χ2v) is 2.08. The molecule has 0 aliphatic rings. The highest BCUT2D eigenvalue weighted by Crippen LogP contribution is 2.10. The number of aromatic nitrogens is 3. The van der Waals surface area contributed by atoms with Crippen LogP contribution in [-0.4, -0.2) is 15.4 Å². The van der Waals surface area contributed by atoms with Crippen molar-refractivity contribution in [2.24, 2.45) is 0 Å². The summed E-state index contributed by atoms with van der Waals surface area (Å²) < 4.78 is 4.69. The first kappa shape index (κ1) is 5.34. The molecule has 0 atom stereocenters. The van der Waals surface area contributed by atoms with Gasteiger partial charge in [-0.25, -0.2) is 0 Å². The molecular formula is C6H5N3O. The summed E-state index contributed by atoms with van der Waals surface area (Å²) in [6.45, 7) is 1.92. The van der Waals surface area contributed by atoms with Gasteiger partial charge in [-0.05, 0) is 6.92 Å². The minimum atomic E-state index is 0.708. The van der Waals surface area contributed by atoms with Gasteiger partial charge >= 0.3 is 0 Å². The van der Waals surface area contributed by atoms with E-state index in [2.05, 4.69) is 15.4 Å². The standard InChI is InChI=1S/C6H5N3O/c1-4-2-7-8-5-3-10-9-6(4)5/h2-3H,1H3. The van der Waals surface area contributed by atoms with Crippen molar-refractivity contribution in [3.63, 3.8) is 0 Å². The van der Waals surface area contributed by atoms with E-state index in [1.165, 1.54) is 6.26 Å². The maximum Gasteiger partial charge on any atom is 0.153 e. The normalized spacial score (nSPS) is 10.5. The number of rotatable bonds is 0. The van der Waals surface area contributed by atoms with Gasteiger partial charge in [0.05, 0.1) is 6.20 Å². The van der Waals surface area contributed by atoms with Gasteiger partial charge in [-0.15, -0.1) is 5.10 Å². The highest BCUT2D eigenvalue weighted by Gasteiger charge is 2.00. The number of fused-ring (bicyclic) bond motifs is 1. The molecule has 0 spiro atoms. The Morgan fingerprint density at radius 1 is 1.50 bits per heavy atom.